The van der Waals surface area contributed by atoms with Gasteiger partial charge >= 0.3 is 0 Å². The van der Waals surface area contributed by atoms with E-state index in [1.165, 1.54) is 12.1 Å². The van der Waals surface area contributed by atoms with Crippen molar-refractivity contribution >= 4 is 23.3 Å². The zero-order valence-corrected chi connectivity index (χ0v) is 15.8. The molecule has 0 radical (unpaired) electrons. The molecule has 0 spiro atoms. The van der Waals surface area contributed by atoms with Crippen molar-refractivity contribution in [1.29, 1.82) is 0 Å². The number of carbonyl (C=O) groups is 1. The summed E-state index contributed by atoms with van der Waals surface area (Å²) in [6, 6.07) is 19.5. The number of rotatable bonds is 6. The Labute approximate surface area is 166 Å². The maximum absolute atomic E-state index is 12.9. The van der Waals surface area contributed by atoms with Gasteiger partial charge in [0.15, 0.2) is 0 Å². The average Bonchev–Trinajstić information content (AvgIpc) is 3.15. The van der Waals surface area contributed by atoms with Gasteiger partial charge in [-0.3, -0.25) is 4.79 Å². The number of thioether (sulfide) groups is 1. The number of nitrogens with zero attached hydrogens (tertiary/aromatic N) is 2. The molecule has 0 atom stereocenters. The minimum Gasteiger partial charge on any atom is -0.348 e. The maximum Gasteiger partial charge on any atom is 0.251 e. The van der Waals surface area contributed by atoms with Crippen LogP contribution in [-0.4, -0.2) is 15.3 Å². The molecule has 0 saturated heterocycles. The highest BCUT2D eigenvalue weighted by molar-refractivity contribution is 7.98. The Morgan fingerprint density at radius 3 is 2.57 bits per heavy atom. The molecule has 0 saturated carbocycles. The van der Waals surface area contributed by atoms with Gasteiger partial charge in [-0.1, -0.05) is 18.2 Å². The van der Waals surface area contributed by atoms with Crippen molar-refractivity contribution in [2.45, 2.75) is 17.2 Å². The summed E-state index contributed by atoms with van der Waals surface area (Å²) in [6.07, 6.45) is 4.01. The predicted molar refractivity (Wildman–Crippen MR) is 109 cm³/mol. The first-order chi connectivity index (χ1) is 13.7. The Balaban J connectivity index is 1.32. The highest BCUT2D eigenvalue weighted by Crippen LogP contribution is 2.23. The number of hydrogen-bond acceptors (Lipinski definition) is 3. The minimum atomic E-state index is -0.285. The number of hydrogen-bond donors (Lipinski definition) is 1. The highest BCUT2D eigenvalue weighted by atomic mass is 32.2. The summed E-state index contributed by atoms with van der Waals surface area (Å²) < 4.78 is 14.9. The lowest BCUT2D eigenvalue weighted by Crippen LogP contribution is -2.22. The molecule has 6 heteroatoms. The van der Waals surface area contributed by atoms with E-state index >= 15 is 0 Å². The number of benzene rings is 2. The van der Waals surface area contributed by atoms with Crippen LogP contribution in [0.5, 0.6) is 0 Å². The molecule has 0 bridgehead atoms. The molecule has 140 valence electrons. The number of amides is 1. The highest BCUT2D eigenvalue weighted by Gasteiger charge is 2.07. The zero-order chi connectivity index (χ0) is 19.3. The Hall–Kier alpha value is -3.12. The van der Waals surface area contributed by atoms with E-state index in [-0.39, 0.29) is 11.7 Å². The van der Waals surface area contributed by atoms with Crippen molar-refractivity contribution in [2.24, 2.45) is 0 Å². The van der Waals surface area contributed by atoms with Crippen molar-refractivity contribution in [3.05, 3.63) is 102 Å². The van der Waals surface area contributed by atoms with Crippen LogP contribution < -0.4 is 5.32 Å². The van der Waals surface area contributed by atoms with Gasteiger partial charge in [-0.25, -0.2) is 9.37 Å². The van der Waals surface area contributed by atoms with Gasteiger partial charge in [0.2, 0.25) is 0 Å². The molecule has 2 heterocycles. The van der Waals surface area contributed by atoms with Crippen molar-refractivity contribution < 1.29 is 9.18 Å². The first kappa shape index (κ1) is 18.3. The van der Waals surface area contributed by atoms with Crippen LogP contribution in [0, 0.1) is 5.82 Å². The lowest BCUT2D eigenvalue weighted by atomic mass is 10.2. The molecule has 0 fully saturated rings. The molecule has 0 aliphatic carbocycles. The fourth-order valence-electron chi connectivity index (χ4n) is 2.80. The summed E-state index contributed by atoms with van der Waals surface area (Å²) in [5.74, 6) is 0.325. The van der Waals surface area contributed by atoms with E-state index < -0.39 is 0 Å². The molecule has 4 aromatic rings. The fourth-order valence-corrected chi connectivity index (χ4v) is 3.59. The van der Waals surface area contributed by atoms with Gasteiger partial charge in [0.25, 0.3) is 5.91 Å². The third kappa shape index (κ3) is 4.40. The van der Waals surface area contributed by atoms with E-state index in [4.69, 9.17) is 0 Å². The Kier molecular flexibility index (Phi) is 5.39. The summed E-state index contributed by atoms with van der Waals surface area (Å²) in [5, 5.41) is 2.85. The normalized spacial score (nSPS) is 10.9. The lowest BCUT2D eigenvalue weighted by molar-refractivity contribution is 0.0951. The van der Waals surface area contributed by atoms with Crippen LogP contribution in [0.15, 0.2) is 84.0 Å². The summed E-state index contributed by atoms with van der Waals surface area (Å²) in [5.41, 5.74) is 3.40. The largest absolute Gasteiger partial charge is 0.348 e. The molecule has 4 rings (SSSR count). The topological polar surface area (TPSA) is 46.4 Å². The summed E-state index contributed by atoms with van der Waals surface area (Å²) in [6.45, 7) is 0.365. The number of imidazole rings is 1. The van der Waals surface area contributed by atoms with Gasteiger partial charge in [-0.2, -0.15) is 0 Å². The van der Waals surface area contributed by atoms with Crippen LogP contribution in [0.3, 0.4) is 0 Å². The summed E-state index contributed by atoms with van der Waals surface area (Å²) in [7, 11) is 0. The third-order valence-electron chi connectivity index (χ3n) is 4.28. The number of fused-ring (bicyclic) bond motifs is 1. The first-order valence-electron chi connectivity index (χ1n) is 8.85. The second-order valence-corrected chi connectivity index (χ2v) is 7.37. The molecule has 28 heavy (non-hydrogen) atoms. The number of pyridine rings is 1. The number of nitrogens with one attached hydrogen (secondary N) is 1. The Morgan fingerprint density at radius 2 is 1.82 bits per heavy atom. The SMILES string of the molecule is O=C(NCc1ccc(F)cc1)c1ccc(SCc2cn3ccccc3n2)cc1. The Bertz CT molecular complexity index is 1060. The van der Waals surface area contributed by atoms with Crippen LogP contribution in [-0.2, 0) is 12.3 Å². The molecule has 1 N–H and O–H groups in total. The van der Waals surface area contributed by atoms with Gasteiger partial charge in [0.05, 0.1) is 5.69 Å². The van der Waals surface area contributed by atoms with E-state index in [0.717, 1.165) is 27.6 Å². The van der Waals surface area contributed by atoms with Gasteiger partial charge in [0, 0.05) is 35.2 Å². The van der Waals surface area contributed by atoms with Crippen molar-refractivity contribution in [3.8, 4) is 0 Å². The van der Waals surface area contributed by atoms with Gasteiger partial charge in [-0.05, 0) is 54.1 Å². The van der Waals surface area contributed by atoms with E-state index in [1.807, 2.05) is 59.3 Å². The van der Waals surface area contributed by atoms with Crippen molar-refractivity contribution in [2.75, 3.05) is 0 Å². The lowest BCUT2D eigenvalue weighted by Gasteiger charge is -2.06. The average molecular weight is 391 g/mol. The van der Waals surface area contributed by atoms with E-state index in [1.54, 1.807) is 23.9 Å². The molecule has 0 aliphatic rings. The molecule has 0 unspecified atom stereocenters. The number of carbonyl (C=O) groups excluding carboxylic acids is 1. The molecule has 4 nitrogen and oxygen atoms in total. The molecule has 2 aromatic carbocycles. The zero-order valence-electron chi connectivity index (χ0n) is 15.0. The third-order valence-corrected chi connectivity index (χ3v) is 5.33. The Morgan fingerprint density at radius 1 is 1.04 bits per heavy atom. The number of aromatic nitrogens is 2. The molecular weight excluding hydrogens is 373 g/mol. The summed E-state index contributed by atoms with van der Waals surface area (Å²) >= 11 is 1.68. The maximum atomic E-state index is 12.9. The smallest absolute Gasteiger partial charge is 0.251 e. The van der Waals surface area contributed by atoms with E-state index in [2.05, 4.69) is 10.3 Å². The van der Waals surface area contributed by atoms with E-state index in [9.17, 15) is 9.18 Å². The minimum absolute atomic E-state index is 0.152. The van der Waals surface area contributed by atoms with E-state index in [0.29, 0.717) is 12.1 Å². The monoisotopic (exact) mass is 391 g/mol. The van der Waals surface area contributed by atoms with Gasteiger partial charge in [-0.15, -0.1) is 11.8 Å². The second kappa shape index (κ2) is 8.27. The van der Waals surface area contributed by atoms with Crippen LogP contribution in [0.25, 0.3) is 5.65 Å². The standard InChI is InChI=1S/C22H18FN3OS/c23-18-8-4-16(5-9-18)13-24-22(27)17-6-10-20(11-7-17)28-15-19-14-26-12-2-1-3-21(26)25-19/h1-12,14H,13,15H2,(H,24,27). The van der Waals surface area contributed by atoms with Crippen LogP contribution >= 0.6 is 11.8 Å². The first-order valence-corrected chi connectivity index (χ1v) is 9.84. The summed E-state index contributed by atoms with van der Waals surface area (Å²) in [4.78, 5) is 17.9. The number of halogens is 1. The van der Waals surface area contributed by atoms with Crippen molar-refractivity contribution in [1.82, 2.24) is 14.7 Å². The predicted octanol–water partition coefficient (Wildman–Crippen LogP) is 4.70. The molecule has 1 amide bonds. The molecule has 2 aromatic heterocycles. The van der Waals surface area contributed by atoms with Crippen molar-refractivity contribution in [3.63, 3.8) is 0 Å². The van der Waals surface area contributed by atoms with Crippen LogP contribution in [0.1, 0.15) is 21.6 Å². The fraction of sp³-hybridized carbons (Fsp3) is 0.0909. The second-order valence-electron chi connectivity index (χ2n) is 6.32. The van der Waals surface area contributed by atoms with Gasteiger partial charge in [0.1, 0.15) is 11.5 Å². The molecular formula is C22H18FN3OS. The molecule has 0 aliphatic heterocycles. The van der Waals surface area contributed by atoms with Crippen LogP contribution in [0.2, 0.25) is 0 Å². The van der Waals surface area contributed by atoms with Crippen LogP contribution in [0.4, 0.5) is 4.39 Å². The quantitative estimate of drug-likeness (QED) is 0.485. The van der Waals surface area contributed by atoms with Gasteiger partial charge < -0.3 is 9.72 Å².